The number of ether oxygens (including phenoxy) is 1. The van der Waals surface area contributed by atoms with E-state index in [1.807, 2.05) is 12.1 Å². The molecule has 0 saturated heterocycles. The molecule has 29 heavy (non-hydrogen) atoms. The molecule has 3 aromatic heterocycles. The van der Waals surface area contributed by atoms with Gasteiger partial charge >= 0.3 is 0 Å². The monoisotopic (exact) mass is 424 g/mol. The predicted octanol–water partition coefficient (Wildman–Crippen LogP) is 4.63. The lowest BCUT2D eigenvalue weighted by molar-refractivity contribution is 0.189. The molecule has 6 rings (SSSR count). The predicted molar refractivity (Wildman–Crippen MR) is 112 cm³/mol. The van der Waals surface area contributed by atoms with Crippen LogP contribution in [0.25, 0.3) is 21.5 Å². The van der Waals surface area contributed by atoms with Crippen molar-refractivity contribution in [1.29, 1.82) is 0 Å². The summed E-state index contributed by atoms with van der Waals surface area (Å²) in [6.45, 7) is 3.76. The van der Waals surface area contributed by atoms with Crippen molar-refractivity contribution in [1.82, 2.24) is 20.4 Å². The molecule has 4 aromatic rings. The number of nitrogens with one attached hydrogen (secondary N) is 1. The van der Waals surface area contributed by atoms with Gasteiger partial charge in [-0.05, 0) is 25.1 Å². The molecule has 6 nitrogen and oxygen atoms in total. The molecular weight excluding hydrogens is 408 g/mol. The highest BCUT2D eigenvalue weighted by Crippen LogP contribution is 2.47. The second kappa shape index (κ2) is 6.52. The lowest BCUT2D eigenvalue weighted by Gasteiger charge is -2.14. The van der Waals surface area contributed by atoms with Crippen LogP contribution in [0, 0.1) is 6.92 Å². The summed E-state index contributed by atoms with van der Waals surface area (Å²) in [5.41, 5.74) is 5.91. The van der Waals surface area contributed by atoms with Gasteiger partial charge in [-0.15, -0.1) is 11.3 Å². The van der Waals surface area contributed by atoms with E-state index in [-0.39, 0.29) is 6.10 Å². The summed E-state index contributed by atoms with van der Waals surface area (Å²) in [5.74, 6) is 1.63. The second-order valence-corrected chi connectivity index (χ2v) is 9.14. The Labute approximate surface area is 175 Å². The Kier molecular flexibility index (Phi) is 3.91. The maximum Gasteiger partial charge on any atom is 0.182 e. The Bertz CT molecular complexity index is 1270. The topological polar surface area (TPSA) is 73.1 Å². The number of benzene rings is 1. The van der Waals surface area contributed by atoms with Crippen molar-refractivity contribution in [2.24, 2.45) is 0 Å². The smallest absolute Gasteiger partial charge is 0.182 e. The molecule has 0 saturated carbocycles. The van der Waals surface area contributed by atoms with Crippen molar-refractivity contribution in [2.75, 3.05) is 6.54 Å². The summed E-state index contributed by atoms with van der Waals surface area (Å²) >= 11 is 8.16. The Morgan fingerprint density at radius 2 is 2.17 bits per heavy atom. The Morgan fingerprint density at radius 3 is 3.10 bits per heavy atom. The largest absolute Gasteiger partial charge is 0.481 e. The first-order chi connectivity index (χ1) is 14.2. The van der Waals surface area contributed by atoms with Crippen molar-refractivity contribution < 1.29 is 9.26 Å². The number of nitrogens with zero attached hydrogens (tertiary/aromatic N) is 3. The summed E-state index contributed by atoms with van der Waals surface area (Å²) < 4.78 is 13.2. The summed E-state index contributed by atoms with van der Waals surface area (Å²) in [6.07, 6.45) is 2.97. The zero-order valence-electron chi connectivity index (χ0n) is 15.7. The molecule has 2 aliphatic rings. The molecule has 1 N–H and O–H groups in total. The minimum Gasteiger partial charge on any atom is -0.481 e. The van der Waals surface area contributed by atoms with Crippen molar-refractivity contribution in [3.63, 3.8) is 0 Å². The highest BCUT2D eigenvalue weighted by Gasteiger charge is 2.34. The Hall–Kier alpha value is -2.48. The molecule has 0 amide bonds. The fraction of sp³-hybridized carbons (Fsp3) is 0.286. The third kappa shape index (κ3) is 2.76. The van der Waals surface area contributed by atoms with Crippen LogP contribution in [0.15, 0.2) is 29.0 Å². The molecule has 146 valence electrons. The van der Waals surface area contributed by atoms with E-state index in [4.69, 9.17) is 20.9 Å². The molecule has 1 atom stereocenters. The van der Waals surface area contributed by atoms with Gasteiger partial charge in [-0.2, -0.15) is 0 Å². The highest BCUT2D eigenvalue weighted by atomic mass is 35.5. The van der Waals surface area contributed by atoms with E-state index < -0.39 is 0 Å². The molecule has 2 aliphatic heterocycles. The van der Waals surface area contributed by atoms with E-state index in [2.05, 4.69) is 33.4 Å². The third-order valence-electron chi connectivity index (χ3n) is 5.52. The maximum atomic E-state index is 6.48. The van der Waals surface area contributed by atoms with Crippen LogP contribution >= 0.6 is 22.9 Å². The van der Waals surface area contributed by atoms with Gasteiger partial charge in [0.25, 0.3) is 0 Å². The van der Waals surface area contributed by atoms with Crippen LogP contribution in [-0.4, -0.2) is 21.7 Å². The zero-order valence-corrected chi connectivity index (χ0v) is 17.2. The number of aryl methyl sites for hydroxylation is 1. The number of fused-ring (bicyclic) bond motifs is 3. The molecular formula is C21H17ClN4O2S. The fourth-order valence-corrected chi connectivity index (χ4v) is 5.44. The number of hydrogen-bond acceptors (Lipinski definition) is 7. The lowest BCUT2D eigenvalue weighted by Crippen LogP contribution is -2.24. The SMILES string of the molecule is Cc1cc2ncnc(-c3cc(Cl)cc4c3O[C@@H](c3onc5c3CNCC5)C4)c2s1. The average molecular weight is 425 g/mol. The van der Waals surface area contributed by atoms with Crippen LogP contribution in [-0.2, 0) is 19.4 Å². The quantitative estimate of drug-likeness (QED) is 0.505. The number of thiophene rings is 1. The van der Waals surface area contributed by atoms with Crippen LogP contribution in [0.3, 0.4) is 0 Å². The summed E-state index contributed by atoms with van der Waals surface area (Å²) in [5, 5.41) is 8.33. The Morgan fingerprint density at radius 1 is 1.24 bits per heavy atom. The Balaban J connectivity index is 1.46. The number of halogens is 1. The van der Waals surface area contributed by atoms with E-state index in [1.54, 1.807) is 17.7 Å². The minimum atomic E-state index is -0.208. The third-order valence-corrected chi connectivity index (χ3v) is 6.78. The van der Waals surface area contributed by atoms with E-state index in [9.17, 15) is 0 Å². The van der Waals surface area contributed by atoms with Crippen molar-refractivity contribution in [3.05, 3.63) is 57.0 Å². The van der Waals surface area contributed by atoms with Gasteiger partial charge < -0.3 is 14.6 Å². The van der Waals surface area contributed by atoms with Gasteiger partial charge in [0.1, 0.15) is 12.1 Å². The van der Waals surface area contributed by atoms with E-state index in [0.717, 1.165) is 69.3 Å². The summed E-state index contributed by atoms with van der Waals surface area (Å²) in [6, 6.07) is 5.98. The molecule has 0 spiro atoms. The van der Waals surface area contributed by atoms with Gasteiger partial charge in [0.15, 0.2) is 11.9 Å². The first-order valence-electron chi connectivity index (χ1n) is 9.56. The second-order valence-electron chi connectivity index (χ2n) is 7.44. The van der Waals surface area contributed by atoms with Gasteiger partial charge in [0.2, 0.25) is 0 Å². The molecule has 8 heteroatoms. The number of aromatic nitrogens is 3. The van der Waals surface area contributed by atoms with Crippen LogP contribution in [0.2, 0.25) is 5.02 Å². The van der Waals surface area contributed by atoms with Crippen LogP contribution < -0.4 is 10.1 Å². The van der Waals surface area contributed by atoms with E-state index in [0.29, 0.717) is 11.4 Å². The molecule has 0 fully saturated rings. The van der Waals surface area contributed by atoms with Gasteiger partial charge in [-0.25, -0.2) is 9.97 Å². The standard InChI is InChI=1S/C21H17ClN4O2S/c1-10-4-16-21(29-10)18(25-9-24-16)13-7-12(22)5-11-6-17(27-19(11)13)20-14-8-23-3-2-15(14)26-28-20/h4-5,7,9,17,23H,2-3,6,8H2,1H3/t17-/m1/s1. The van der Waals surface area contributed by atoms with Crippen molar-refractivity contribution in [2.45, 2.75) is 32.4 Å². The highest BCUT2D eigenvalue weighted by molar-refractivity contribution is 7.19. The maximum absolute atomic E-state index is 6.48. The molecule has 1 aromatic carbocycles. The van der Waals surface area contributed by atoms with Crippen LogP contribution in [0.5, 0.6) is 5.75 Å². The first-order valence-corrected chi connectivity index (χ1v) is 10.8. The summed E-state index contributed by atoms with van der Waals surface area (Å²) in [7, 11) is 0. The molecule has 0 bridgehead atoms. The fourth-order valence-electron chi connectivity index (χ4n) is 4.23. The lowest BCUT2D eigenvalue weighted by atomic mass is 10.0. The molecule has 0 aliphatic carbocycles. The average Bonchev–Trinajstić information content (AvgIpc) is 3.41. The normalized spacial score (nSPS) is 17.9. The van der Waals surface area contributed by atoms with E-state index >= 15 is 0 Å². The number of hydrogen-bond donors (Lipinski definition) is 1. The number of rotatable bonds is 2. The van der Waals surface area contributed by atoms with Crippen LogP contribution in [0.1, 0.15) is 33.6 Å². The molecule has 5 heterocycles. The van der Waals surface area contributed by atoms with E-state index in [1.165, 1.54) is 4.88 Å². The van der Waals surface area contributed by atoms with Crippen molar-refractivity contribution >= 4 is 33.2 Å². The zero-order chi connectivity index (χ0) is 19.5. The summed E-state index contributed by atoms with van der Waals surface area (Å²) in [4.78, 5) is 10.2. The molecule has 0 radical (unpaired) electrons. The van der Waals surface area contributed by atoms with Crippen molar-refractivity contribution in [3.8, 4) is 17.0 Å². The van der Waals surface area contributed by atoms with Gasteiger partial charge in [0, 0.05) is 52.5 Å². The molecule has 0 unspecified atom stereocenters. The van der Waals surface area contributed by atoms with Gasteiger partial charge in [-0.1, -0.05) is 16.8 Å². The van der Waals surface area contributed by atoms with Gasteiger partial charge in [-0.3, -0.25) is 0 Å². The van der Waals surface area contributed by atoms with Gasteiger partial charge in [0.05, 0.1) is 21.6 Å². The first kappa shape index (κ1) is 17.4. The van der Waals surface area contributed by atoms with Crippen LogP contribution in [0.4, 0.5) is 0 Å². The minimum absolute atomic E-state index is 0.208.